The van der Waals surface area contributed by atoms with Crippen molar-refractivity contribution in [3.63, 3.8) is 0 Å². The average molecular weight is 340 g/mol. The van der Waals surface area contributed by atoms with E-state index in [-0.39, 0.29) is 5.41 Å². The van der Waals surface area contributed by atoms with E-state index in [9.17, 15) is 0 Å². The molecule has 2 N–H and O–H groups in total. The fourth-order valence-electron chi connectivity index (χ4n) is 4.81. The molecule has 3 heterocycles. The third-order valence-corrected chi connectivity index (χ3v) is 6.13. The van der Waals surface area contributed by atoms with Gasteiger partial charge in [0.1, 0.15) is 0 Å². The van der Waals surface area contributed by atoms with E-state index < -0.39 is 0 Å². The van der Waals surface area contributed by atoms with Gasteiger partial charge in [-0.1, -0.05) is 0 Å². The number of piperidine rings is 1. The Balaban J connectivity index is 1.59. The highest BCUT2D eigenvalue weighted by molar-refractivity contribution is 5.37. The minimum absolute atomic E-state index is 0.160. The van der Waals surface area contributed by atoms with Gasteiger partial charge >= 0.3 is 0 Å². The van der Waals surface area contributed by atoms with E-state index >= 15 is 0 Å². The van der Waals surface area contributed by atoms with Crippen molar-refractivity contribution in [1.29, 1.82) is 0 Å². The maximum absolute atomic E-state index is 5.89. The molecule has 4 rings (SSSR count). The van der Waals surface area contributed by atoms with Gasteiger partial charge in [0.2, 0.25) is 5.95 Å². The van der Waals surface area contributed by atoms with Crippen molar-refractivity contribution in [2.24, 2.45) is 0 Å². The average Bonchev–Trinajstić information content (AvgIpc) is 3.07. The van der Waals surface area contributed by atoms with Gasteiger partial charge in [-0.05, 0) is 58.6 Å². The van der Waals surface area contributed by atoms with Gasteiger partial charge in [-0.25, -0.2) is 9.97 Å². The Hall–Kier alpha value is -1.95. The van der Waals surface area contributed by atoms with Gasteiger partial charge in [-0.2, -0.15) is 5.10 Å². The normalized spacial score (nSPS) is 23.3. The summed E-state index contributed by atoms with van der Waals surface area (Å²) in [5.74, 6) is 0.410. The molecule has 6 nitrogen and oxygen atoms in total. The highest BCUT2D eigenvalue weighted by Crippen LogP contribution is 2.44. The standard InChI is InChI=1S/C19H28N6/c1-4-25-14(3)16(13(2)23-25)11-24-9-5-7-19(12-24)8-6-15-10-21-18(20)22-17(15)19/h10H,4-9,11-12H2,1-3H3,(H2,20,21,22). The monoisotopic (exact) mass is 340 g/mol. The second-order valence-corrected chi connectivity index (χ2v) is 7.66. The van der Waals surface area contributed by atoms with Gasteiger partial charge in [0, 0.05) is 42.5 Å². The summed E-state index contributed by atoms with van der Waals surface area (Å²) in [6, 6.07) is 0. The van der Waals surface area contributed by atoms with Crippen molar-refractivity contribution >= 4 is 5.95 Å². The molecule has 1 aliphatic carbocycles. The summed E-state index contributed by atoms with van der Waals surface area (Å²) in [5.41, 5.74) is 12.4. The number of nitrogens with two attached hydrogens (primary N) is 1. The number of likely N-dealkylation sites (tertiary alicyclic amines) is 1. The highest BCUT2D eigenvalue weighted by Gasteiger charge is 2.43. The first-order chi connectivity index (χ1) is 12.0. The van der Waals surface area contributed by atoms with Crippen LogP contribution in [0.5, 0.6) is 0 Å². The summed E-state index contributed by atoms with van der Waals surface area (Å²) in [5, 5.41) is 4.68. The molecule has 0 radical (unpaired) electrons. The molecule has 2 aliphatic rings. The van der Waals surface area contributed by atoms with Crippen LogP contribution in [0.1, 0.15) is 54.4 Å². The SMILES string of the molecule is CCn1nc(C)c(CN2CCCC3(CCc4cnc(N)nc43)C2)c1C. The van der Waals surface area contributed by atoms with Gasteiger partial charge in [0.15, 0.2) is 0 Å². The Bertz CT molecular complexity index is 791. The predicted molar refractivity (Wildman–Crippen MR) is 98.3 cm³/mol. The molecule has 2 aromatic rings. The number of hydrogen-bond acceptors (Lipinski definition) is 5. The summed E-state index contributed by atoms with van der Waals surface area (Å²) in [7, 11) is 0. The summed E-state index contributed by atoms with van der Waals surface area (Å²) in [6.07, 6.45) is 6.60. The first-order valence-corrected chi connectivity index (χ1v) is 9.39. The van der Waals surface area contributed by atoms with Crippen LogP contribution in [0.15, 0.2) is 6.20 Å². The van der Waals surface area contributed by atoms with Gasteiger partial charge in [0.25, 0.3) is 0 Å². The zero-order valence-electron chi connectivity index (χ0n) is 15.5. The minimum Gasteiger partial charge on any atom is -0.368 e. The first-order valence-electron chi connectivity index (χ1n) is 9.39. The van der Waals surface area contributed by atoms with Crippen LogP contribution in [0.3, 0.4) is 0 Å². The topological polar surface area (TPSA) is 72.9 Å². The molecule has 1 saturated heterocycles. The molecule has 1 aliphatic heterocycles. The van der Waals surface area contributed by atoms with Gasteiger partial charge in [-0.15, -0.1) is 0 Å². The molecule has 0 saturated carbocycles. The number of fused-ring (bicyclic) bond motifs is 2. The van der Waals surface area contributed by atoms with E-state index in [2.05, 4.69) is 45.4 Å². The minimum atomic E-state index is 0.160. The Morgan fingerprint density at radius 1 is 1.28 bits per heavy atom. The number of nitrogen functional groups attached to an aromatic ring is 1. The number of aromatic nitrogens is 4. The third kappa shape index (κ3) is 2.72. The lowest BCUT2D eigenvalue weighted by Crippen LogP contribution is -2.45. The van der Waals surface area contributed by atoms with Crippen molar-refractivity contribution in [2.75, 3.05) is 18.8 Å². The number of nitrogens with zero attached hydrogens (tertiary/aromatic N) is 5. The van der Waals surface area contributed by atoms with Gasteiger partial charge in [-0.3, -0.25) is 9.58 Å². The van der Waals surface area contributed by atoms with E-state index in [0.29, 0.717) is 5.95 Å². The van der Waals surface area contributed by atoms with Crippen molar-refractivity contribution in [3.8, 4) is 0 Å². The molecule has 0 amide bonds. The molecular formula is C19H28N6. The molecule has 0 bridgehead atoms. The maximum atomic E-state index is 5.89. The summed E-state index contributed by atoms with van der Waals surface area (Å²) >= 11 is 0. The van der Waals surface area contributed by atoms with Crippen molar-refractivity contribution in [1.82, 2.24) is 24.6 Å². The maximum Gasteiger partial charge on any atom is 0.220 e. The predicted octanol–water partition coefficient (Wildman–Crippen LogP) is 2.37. The van der Waals surface area contributed by atoms with Crippen LogP contribution in [0.25, 0.3) is 0 Å². The molecule has 1 spiro atoms. The molecule has 6 heteroatoms. The zero-order chi connectivity index (χ0) is 17.6. The third-order valence-electron chi connectivity index (χ3n) is 6.13. The molecule has 1 unspecified atom stereocenters. The lowest BCUT2D eigenvalue weighted by Gasteiger charge is -2.40. The Kier molecular flexibility index (Phi) is 4.02. The van der Waals surface area contributed by atoms with E-state index in [0.717, 1.165) is 38.3 Å². The quantitative estimate of drug-likeness (QED) is 0.929. The number of aryl methyl sites for hydroxylation is 3. The van der Waals surface area contributed by atoms with E-state index in [1.165, 1.54) is 41.8 Å². The fraction of sp³-hybridized carbons (Fsp3) is 0.632. The largest absolute Gasteiger partial charge is 0.368 e. The Morgan fingerprint density at radius 3 is 2.88 bits per heavy atom. The van der Waals surface area contributed by atoms with Crippen LogP contribution >= 0.6 is 0 Å². The summed E-state index contributed by atoms with van der Waals surface area (Å²) in [4.78, 5) is 11.4. The van der Waals surface area contributed by atoms with E-state index in [4.69, 9.17) is 5.73 Å². The summed E-state index contributed by atoms with van der Waals surface area (Å²) in [6.45, 7) is 10.6. The number of hydrogen-bond donors (Lipinski definition) is 1. The van der Waals surface area contributed by atoms with Crippen LogP contribution in [-0.2, 0) is 24.9 Å². The van der Waals surface area contributed by atoms with Crippen molar-refractivity contribution in [2.45, 2.75) is 65.0 Å². The lowest BCUT2D eigenvalue weighted by atomic mass is 9.77. The molecule has 2 aromatic heterocycles. The van der Waals surface area contributed by atoms with Crippen LogP contribution in [0.4, 0.5) is 5.95 Å². The smallest absolute Gasteiger partial charge is 0.220 e. The van der Waals surface area contributed by atoms with Gasteiger partial charge < -0.3 is 5.73 Å². The van der Waals surface area contributed by atoms with Gasteiger partial charge in [0.05, 0.1) is 11.4 Å². The van der Waals surface area contributed by atoms with Crippen molar-refractivity contribution < 1.29 is 0 Å². The molecule has 1 atom stereocenters. The zero-order valence-corrected chi connectivity index (χ0v) is 15.5. The second-order valence-electron chi connectivity index (χ2n) is 7.66. The Morgan fingerprint density at radius 2 is 2.12 bits per heavy atom. The molecule has 134 valence electrons. The van der Waals surface area contributed by atoms with Crippen molar-refractivity contribution in [3.05, 3.63) is 34.4 Å². The number of anilines is 1. The van der Waals surface area contributed by atoms with Crippen LogP contribution < -0.4 is 5.73 Å². The van der Waals surface area contributed by atoms with E-state index in [1.54, 1.807) is 0 Å². The Labute approximate surface area is 149 Å². The van der Waals surface area contributed by atoms with Crippen LogP contribution in [-0.4, -0.2) is 37.7 Å². The first kappa shape index (κ1) is 16.5. The molecule has 1 fully saturated rings. The molecular weight excluding hydrogens is 312 g/mol. The number of rotatable bonds is 3. The second kappa shape index (κ2) is 6.09. The molecule has 0 aromatic carbocycles. The fourth-order valence-corrected chi connectivity index (χ4v) is 4.81. The highest BCUT2D eigenvalue weighted by atomic mass is 15.3. The van der Waals surface area contributed by atoms with Crippen LogP contribution in [0, 0.1) is 13.8 Å². The summed E-state index contributed by atoms with van der Waals surface area (Å²) < 4.78 is 2.11. The molecule has 25 heavy (non-hydrogen) atoms. The lowest BCUT2D eigenvalue weighted by molar-refractivity contribution is 0.136. The van der Waals surface area contributed by atoms with Crippen LogP contribution in [0.2, 0.25) is 0 Å². The van der Waals surface area contributed by atoms with E-state index in [1.807, 2.05) is 6.20 Å².